The number of aryl methyl sites for hydroxylation is 1. The molecule has 3 aromatic rings. The van der Waals surface area contributed by atoms with Gasteiger partial charge in [-0.3, -0.25) is 4.79 Å². The fourth-order valence-corrected chi connectivity index (χ4v) is 2.81. The third-order valence-corrected chi connectivity index (χ3v) is 4.40. The molecule has 0 aliphatic rings. The van der Waals surface area contributed by atoms with Crippen LogP contribution >= 0.6 is 11.8 Å². The molecule has 0 bridgehead atoms. The summed E-state index contributed by atoms with van der Waals surface area (Å²) < 4.78 is 14.9. The van der Waals surface area contributed by atoms with Gasteiger partial charge in [-0.15, -0.1) is 10.2 Å². The number of anilines is 1. The van der Waals surface area contributed by atoms with E-state index in [1.807, 2.05) is 31.2 Å². The van der Waals surface area contributed by atoms with Crippen molar-refractivity contribution in [3.05, 3.63) is 59.9 Å². The molecule has 3 rings (SSSR count). The topological polar surface area (TPSA) is 85.8 Å². The van der Waals surface area contributed by atoms with Crippen molar-refractivity contribution in [2.24, 2.45) is 0 Å². The van der Waals surface area contributed by atoms with Crippen LogP contribution in [0.15, 0.2) is 53.7 Å². The normalized spacial score (nSPS) is 10.6. The van der Waals surface area contributed by atoms with Crippen LogP contribution in [0.2, 0.25) is 0 Å². The fourth-order valence-electron chi connectivity index (χ4n) is 2.15. The Hall–Kier alpha value is -2.87. The molecule has 128 valence electrons. The first-order chi connectivity index (χ1) is 12.0. The summed E-state index contributed by atoms with van der Waals surface area (Å²) >= 11 is 1.13. The zero-order valence-electron chi connectivity index (χ0n) is 13.4. The number of halogens is 1. The molecule has 1 heterocycles. The molecule has 2 aromatic carbocycles. The van der Waals surface area contributed by atoms with Gasteiger partial charge in [0.1, 0.15) is 5.82 Å². The van der Waals surface area contributed by atoms with E-state index in [1.54, 1.807) is 12.1 Å². The van der Waals surface area contributed by atoms with E-state index in [0.29, 0.717) is 11.0 Å². The Morgan fingerprint density at radius 1 is 1.20 bits per heavy atom. The summed E-state index contributed by atoms with van der Waals surface area (Å²) in [6, 6.07) is 13.7. The monoisotopic (exact) mass is 357 g/mol. The van der Waals surface area contributed by atoms with Crippen molar-refractivity contribution < 1.29 is 9.18 Å². The highest BCUT2D eigenvalue weighted by atomic mass is 32.2. The van der Waals surface area contributed by atoms with Gasteiger partial charge in [0, 0.05) is 5.56 Å². The highest BCUT2D eigenvalue weighted by Crippen LogP contribution is 2.22. The van der Waals surface area contributed by atoms with Gasteiger partial charge in [-0.25, -0.2) is 9.07 Å². The number of carbonyl (C=O) groups excluding carboxylic acids is 1. The van der Waals surface area contributed by atoms with Crippen molar-refractivity contribution in [2.75, 3.05) is 16.9 Å². The number of aromatic nitrogens is 3. The number of rotatable bonds is 5. The minimum atomic E-state index is -0.482. The molecular weight excluding hydrogens is 341 g/mol. The maximum Gasteiger partial charge on any atom is 0.234 e. The van der Waals surface area contributed by atoms with E-state index in [4.69, 9.17) is 5.84 Å². The standard InChI is InChI=1S/C17H16FN5OS/c1-11-6-8-12(9-7-11)16-21-22-17(23(16)19)25-10-15(24)20-14-5-3-2-4-13(14)18/h2-9H,10,19H2,1H3,(H,20,24). The number of benzene rings is 2. The SMILES string of the molecule is Cc1ccc(-c2nnc(SCC(=O)Nc3ccccc3F)n2N)cc1. The van der Waals surface area contributed by atoms with Crippen molar-refractivity contribution in [1.82, 2.24) is 14.9 Å². The third-order valence-electron chi connectivity index (χ3n) is 3.45. The molecule has 0 atom stereocenters. The molecule has 6 nitrogen and oxygen atoms in total. The highest BCUT2D eigenvalue weighted by Gasteiger charge is 2.14. The van der Waals surface area contributed by atoms with Gasteiger partial charge in [0.15, 0.2) is 5.82 Å². The number of carbonyl (C=O) groups is 1. The molecule has 3 N–H and O–H groups in total. The van der Waals surface area contributed by atoms with E-state index in [2.05, 4.69) is 15.5 Å². The van der Waals surface area contributed by atoms with Crippen molar-refractivity contribution in [2.45, 2.75) is 12.1 Å². The Kier molecular flexibility index (Phi) is 4.99. The van der Waals surface area contributed by atoms with E-state index in [0.717, 1.165) is 22.9 Å². The zero-order valence-corrected chi connectivity index (χ0v) is 14.3. The number of nitrogens with two attached hydrogens (primary N) is 1. The minimum Gasteiger partial charge on any atom is -0.335 e. The lowest BCUT2D eigenvalue weighted by atomic mass is 10.1. The maximum atomic E-state index is 13.5. The molecule has 0 aliphatic carbocycles. The summed E-state index contributed by atoms with van der Waals surface area (Å²) in [5.41, 5.74) is 2.11. The van der Waals surface area contributed by atoms with Crippen LogP contribution in [0.1, 0.15) is 5.56 Å². The minimum absolute atomic E-state index is 0.0393. The molecule has 0 radical (unpaired) electrons. The van der Waals surface area contributed by atoms with Gasteiger partial charge in [0.05, 0.1) is 11.4 Å². The lowest BCUT2D eigenvalue weighted by molar-refractivity contribution is -0.113. The Bertz CT molecular complexity index is 894. The molecule has 1 aromatic heterocycles. The number of nitrogen functional groups attached to an aromatic ring is 1. The Balaban J connectivity index is 1.65. The number of hydrogen-bond donors (Lipinski definition) is 2. The van der Waals surface area contributed by atoms with Crippen LogP contribution < -0.4 is 11.2 Å². The summed E-state index contributed by atoms with van der Waals surface area (Å²) in [7, 11) is 0. The van der Waals surface area contributed by atoms with Gasteiger partial charge >= 0.3 is 0 Å². The van der Waals surface area contributed by atoms with E-state index in [9.17, 15) is 9.18 Å². The van der Waals surface area contributed by atoms with Crippen molar-refractivity contribution in [3.8, 4) is 11.4 Å². The Morgan fingerprint density at radius 3 is 2.64 bits per heavy atom. The largest absolute Gasteiger partial charge is 0.335 e. The highest BCUT2D eigenvalue weighted by molar-refractivity contribution is 7.99. The fraction of sp³-hybridized carbons (Fsp3) is 0.118. The first kappa shape index (κ1) is 17.0. The summed E-state index contributed by atoms with van der Waals surface area (Å²) in [4.78, 5) is 12.0. The smallest absolute Gasteiger partial charge is 0.234 e. The number of hydrogen-bond acceptors (Lipinski definition) is 5. The number of nitrogens with zero attached hydrogens (tertiary/aromatic N) is 3. The van der Waals surface area contributed by atoms with Crippen LogP contribution in [-0.4, -0.2) is 26.5 Å². The molecule has 8 heteroatoms. The zero-order chi connectivity index (χ0) is 17.8. The van der Waals surface area contributed by atoms with Gasteiger partial charge in [-0.1, -0.05) is 53.7 Å². The summed E-state index contributed by atoms with van der Waals surface area (Å²) in [5, 5.41) is 11.0. The average Bonchev–Trinajstić information content (AvgIpc) is 2.97. The second-order valence-corrected chi connectivity index (χ2v) is 6.30. The first-order valence-corrected chi connectivity index (χ1v) is 8.48. The number of para-hydroxylation sites is 1. The molecule has 0 fully saturated rings. The average molecular weight is 357 g/mol. The Morgan fingerprint density at radius 2 is 1.92 bits per heavy atom. The van der Waals surface area contributed by atoms with Gasteiger partial charge in [0.2, 0.25) is 11.1 Å². The summed E-state index contributed by atoms with van der Waals surface area (Å²) in [6.45, 7) is 1.99. The lowest BCUT2D eigenvalue weighted by Gasteiger charge is -2.06. The molecular formula is C17H16FN5OS. The van der Waals surface area contributed by atoms with E-state index < -0.39 is 5.82 Å². The van der Waals surface area contributed by atoms with Crippen molar-refractivity contribution >= 4 is 23.4 Å². The molecule has 0 saturated heterocycles. The van der Waals surface area contributed by atoms with E-state index in [1.165, 1.54) is 16.8 Å². The second kappa shape index (κ2) is 7.35. The van der Waals surface area contributed by atoms with Gasteiger partial charge < -0.3 is 11.2 Å². The Labute approximate surface area is 148 Å². The van der Waals surface area contributed by atoms with Crippen LogP contribution in [0.4, 0.5) is 10.1 Å². The van der Waals surface area contributed by atoms with Crippen LogP contribution in [0.5, 0.6) is 0 Å². The first-order valence-electron chi connectivity index (χ1n) is 7.49. The number of nitrogens with one attached hydrogen (secondary N) is 1. The van der Waals surface area contributed by atoms with Crippen LogP contribution in [0, 0.1) is 12.7 Å². The van der Waals surface area contributed by atoms with Crippen LogP contribution in [0.3, 0.4) is 0 Å². The predicted octanol–water partition coefficient (Wildman–Crippen LogP) is 2.84. The maximum absolute atomic E-state index is 13.5. The number of amides is 1. The molecule has 25 heavy (non-hydrogen) atoms. The molecule has 1 amide bonds. The predicted molar refractivity (Wildman–Crippen MR) is 96.1 cm³/mol. The quantitative estimate of drug-likeness (QED) is 0.542. The lowest BCUT2D eigenvalue weighted by Crippen LogP contribution is -2.17. The second-order valence-electron chi connectivity index (χ2n) is 5.36. The van der Waals surface area contributed by atoms with Crippen LogP contribution in [-0.2, 0) is 4.79 Å². The third kappa shape index (κ3) is 3.97. The molecule has 0 spiro atoms. The molecule has 0 saturated carbocycles. The summed E-state index contributed by atoms with van der Waals surface area (Å²) in [5.74, 6) is 5.73. The van der Waals surface area contributed by atoms with E-state index >= 15 is 0 Å². The number of thioether (sulfide) groups is 1. The molecule has 0 aliphatic heterocycles. The molecule has 0 unspecified atom stereocenters. The van der Waals surface area contributed by atoms with Crippen LogP contribution in [0.25, 0.3) is 11.4 Å². The van der Waals surface area contributed by atoms with Crippen molar-refractivity contribution in [3.63, 3.8) is 0 Å². The van der Waals surface area contributed by atoms with Gasteiger partial charge in [0.25, 0.3) is 0 Å². The van der Waals surface area contributed by atoms with Gasteiger partial charge in [-0.05, 0) is 19.1 Å². The van der Waals surface area contributed by atoms with E-state index in [-0.39, 0.29) is 17.3 Å². The van der Waals surface area contributed by atoms with Crippen molar-refractivity contribution in [1.29, 1.82) is 0 Å². The van der Waals surface area contributed by atoms with Gasteiger partial charge in [-0.2, -0.15) is 0 Å². The summed E-state index contributed by atoms with van der Waals surface area (Å²) in [6.07, 6.45) is 0.